The normalized spacial score (nSPS) is 25.4. The number of aliphatic hydroxyl groups excluding tert-OH is 1. The van der Waals surface area contributed by atoms with Crippen molar-refractivity contribution in [3.63, 3.8) is 0 Å². The largest absolute Gasteiger partial charge is 0.497 e. The summed E-state index contributed by atoms with van der Waals surface area (Å²) < 4.78 is 5.23. The maximum atomic E-state index is 9.36. The Balaban J connectivity index is 2.20. The number of aliphatic hydroxyl groups is 1. The maximum absolute atomic E-state index is 9.36. The molecule has 0 radical (unpaired) electrons. The van der Waals surface area contributed by atoms with Crippen LogP contribution in [0.15, 0.2) is 24.3 Å². The highest BCUT2D eigenvalue weighted by Gasteiger charge is 2.25. The first kappa shape index (κ1) is 11.4. The molecule has 1 aliphatic rings. The highest BCUT2D eigenvalue weighted by molar-refractivity contribution is 5.32. The molecule has 1 fully saturated rings. The van der Waals surface area contributed by atoms with Crippen molar-refractivity contribution in [1.82, 2.24) is 5.32 Å². The molecule has 1 heterocycles. The minimum atomic E-state index is 0.181. The van der Waals surface area contributed by atoms with Crippen molar-refractivity contribution >= 4 is 0 Å². The number of piperidine rings is 1. The monoisotopic (exact) mass is 221 g/mol. The Morgan fingerprint density at radius 2 is 2.38 bits per heavy atom. The predicted octanol–water partition coefficient (Wildman–Crippen LogP) is 1.52. The van der Waals surface area contributed by atoms with Gasteiger partial charge < -0.3 is 15.2 Å². The highest BCUT2D eigenvalue weighted by atomic mass is 16.5. The van der Waals surface area contributed by atoms with E-state index in [1.165, 1.54) is 12.0 Å². The van der Waals surface area contributed by atoms with Gasteiger partial charge in [0.1, 0.15) is 5.75 Å². The van der Waals surface area contributed by atoms with Gasteiger partial charge in [0.2, 0.25) is 0 Å². The summed E-state index contributed by atoms with van der Waals surface area (Å²) in [7, 11) is 1.68. The quantitative estimate of drug-likeness (QED) is 0.813. The van der Waals surface area contributed by atoms with Gasteiger partial charge in [-0.2, -0.15) is 0 Å². The molecule has 2 N–H and O–H groups in total. The third kappa shape index (κ3) is 2.36. The first-order valence-electron chi connectivity index (χ1n) is 5.83. The number of ether oxygens (including phenoxy) is 1. The van der Waals surface area contributed by atoms with Crippen LogP contribution in [0.5, 0.6) is 5.75 Å². The lowest BCUT2D eigenvalue weighted by Gasteiger charge is -2.31. The molecule has 3 heteroatoms. The number of hydrogen-bond acceptors (Lipinski definition) is 3. The summed E-state index contributed by atoms with van der Waals surface area (Å²) >= 11 is 0. The van der Waals surface area contributed by atoms with E-state index in [1.807, 2.05) is 12.1 Å². The van der Waals surface area contributed by atoms with E-state index in [-0.39, 0.29) is 12.6 Å². The summed E-state index contributed by atoms with van der Waals surface area (Å²) in [6, 6.07) is 8.33. The minimum absolute atomic E-state index is 0.181. The Bertz CT molecular complexity index is 340. The highest BCUT2D eigenvalue weighted by Crippen LogP contribution is 2.29. The van der Waals surface area contributed by atoms with E-state index < -0.39 is 0 Å². The van der Waals surface area contributed by atoms with Crippen LogP contribution in [0.3, 0.4) is 0 Å². The molecule has 2 rings (SSSR count). The Kier molecular flexibility index (Phi) is 3.80. The average molecular weight is 221 g/mol. The SMILES string of the molecule is COc1cccc(C2CCCNC2CO)c1. The molecule has 0 bridgehead atoms. The van der Waals surface area contributed by atoms with Gasteiger partial charge in [-0.25, -0.2) is 0 Å². The topological polar surface area (TPSA) is 41.5 Å². The van der Waals surface area contributed by atoms with Crippen LogP contribution in [-0.4, -0.2) is 31.4 Å². The molecule has 1 saturated heterocycles. The van der Waals surface area contributed by atoms with Crippen LogP contribution >= 0.6 is 0 Å². The lowest BCUT2D eigenvalue weighted by Crippen LogP contribution is -2.42. The van der Waals surface area contributed by atoms with Crippen LogP contribution in [0.1, 0.15) is 24.3 Å². The van der Waals surface area contributed by atoms with Crippen molar-refractivity contribution in [2.24, 2.45) is 0 Å². The summed E-state index contributed by atoms with van der Waals surface area (Å²) in [6.45, 7) is 1.20. The molecule has 3 nitrogen and oxygen atoms in total. The lowest BCUT2D eigenvalue weighted by atomic mass is 9.85. The van der Waals surface area contributed by atoms with Crippen molar-refractivity contribution in [1.29, 1.82) is 0 Å². The summed E-state index contributed by atoms with van der Waals surface area (Å²) in [5.74, 6) is 1.29. The molecule has 88 valence electrons. The number of rotatable bonds is 3. The Hall–Kier alpha value is -1.06. The van der Waals surface area contributed by atoms with Crippen LogP contribution in [0.25, 0.3) is 0 Å². The minimum Gasteiger partial charge on any atom is -0.497 e. The zero-order chi connectivity index (χ0) is 11.4. The third-order valence-corrected chi connectivity index (χ3v) is 3.30. The van der Waals surface area contributed by atoms with Crippen LogP contribution in [-0.2, 0) is 0 Å². The number of benzene rings is 1. The standard InChI is InChI=1S/C13H19NO2/c1-16-11-5-2-4-10(8-11)12-6-3-7-14-13(12)9-15/h2,4-5,8,12-15H,3,6-7,9H2,1H3. The first-order valence-corrected chi connectivity index (χ1v) is 5.83. The Morgan fingerprint density at radius 1 is 1.50 bits per heavy atom. The van der Waals surface area contributed by atoms with Gasteiger partial charge in [-0.1, -0.05) is 12.1 Å². The molecular formula is C13H19NO2. The molecule has 16 heavy (non-hydrogen) atoms. The molecule has 0 aliphatic carbocycles. The molecule has 1 aliphatic heterocycles. The molecule has 1 aromatic rings. The van der Waals surface area contributed by atoms with E-state index in [2.05, 4.69) is 17.4 Å². The van der Waals surface area contributed by atoms with Crippen LogP contribution in [0.4, 0.5) is 0 Å². The van der Waals surface area contributed by atoms with Crippen LogP contribution < -0.4 is 10.1 Å². The Labute approximate surface area is 96.4 Å². The molecule has 1 aromatic carbocycles. The van der Waals surface area contributed by atoms with E-state index in [1.54, 1.807) is 7.11 Å². The summed E-state index contributed by atoms with van der Waals surface area (Å²) in [6.07, 6.45) is 2.30. The number of methoxy groups -OCH3 is 1. The molecule has 0 aromatic heterocycles. The molecular weight excluding hydrogens is 202 g/mol. The maximum Gasteiger partial charge on any atom is 0.119 e. The summed E-state index contributed by atoms with van der Waals surface area (Å²) in [5.41, 5.74) is 1.26. The zero-order valence-corrected chi connectivity index (χ0v) is 9.65. The average Bonchev–Trinajstić information content (AvgIpc) is 2.38. The zero-order valence-electron chi connectivity index (χ0n) is 9.65. The van der Waals surface area contributed by atoms with E-state index in [9.17, 15) is 5.11 Å². The van der Waals surface area contributed by atoms with E-state index in [0.717, 1.165) is 18.7 Å². The Morgan fingerprint density at radius 3 is 3.12 bits per heavy atom. The third-order valence-electron chi connectivity index (χ3n) is 3.30. The molecule has 0 spiro atoms. The first-order chi connectivity index (χ1) is 7.85. The van der Waals surface area contributed by atoms with Crippen molar-refractivity contribution in [3.8, 4) is 5.75 Å². The van der Waals surface area contributed by atoms with E-state index >= 15 is 0 Å². The fraction of sp³-hybridized carbons (Fsp3) is 0.538. The van der Waals surface area contributed by atoms with Gasteiger partial charge in [-0.05, 0) is 37.1 Å². The second-order valence-corrected chi connectivity index (χ2v) is 4.27. The van der Waals surface area contributed by atoms with Gasteiger partial charge in [0.25, 0.3) is 0 Å². The molecule has 2 atom stereocenters. The van der Waals surface area contributed by atoms with Gasteiger partial charge in [0.15, 0.2) is 0 Å². The predicted molar refractivity (Wildman–Crippen MR) is 63.8 cm³/mol. The van der Waals surface area contributed by atoms with Crippen molar-refractivity contribution < 1.29 is 9.84 Å². The van der Waals surface area contributed by atoms with Gasteiger partial charge in [0, 0.05) is 12.0 Å². The van der Waals surface area contributed by atoms with Crippen molar-refractivity contribution in [2.45, 2.75) is 24.8 Å². The second kappa shape index (κ2) is 5.32. The fourth-order valence-corrected chi connectivity index (χ4v) is 2.42. The van der Waals surface area contributed by atoms with E-state index in [0.29, 0.717) is 5.92 Å². The van der Waals surface area contributed by atoms with Gasteiger partial charge in [-0.3, -0.25) is 0 Å². The molecule has 2 unspecified atom stereocenters. The molecule has 0 saturated carbocycles. The van der Waals surface area contributed by atoms with Gasteiger partial charge in [0.05, 0.1) is 13.7 Å². The number of hydrogen-bond donors (Lipinski definition) is 2. The summed E-state index contributed by atoms with van der Waals surface area (Å²) in [5, 5.41) is 12.7. The second-order valence-electron chi connectivity index (χ2n) is 4.27. The van der Waals surface area contributed by atoms with E-state index in [4.69, 9.17) is 4.74 Å². The van der Waals surface area contributed by atoms with Gasteiger partial charge >= 0.3 is 0 Å². The van der Waals surface area contributed by atoms with Crippen LogP contribution in [0, 0.1) is 0 Å². The summed E-state index contributed by atoms with van der Waals surface area (Å²) in [4.78, 5) is 0. The lowest BCUT2D eigenvalue weighted by molar-refractivity contribution is 0.201. The van der Waals surface area contributed by atoms with Gasteiger partial charge in [-0.15, -0.1) is 0 Å². The number of nitrogens with one attached hydrogen (secondary N) is 1. The molecule has 0 amide bonds. The van der Waals surface area contributed by atoms with Crippen molar-refractivity contribution in [3.05, 3.63) is 29.8 Å². The van der Waals surface area contributed by atoms with Crippen molar-refractivity contribution in [2.75, 3.05) is 20.3 Å². The smallest absolute Gasteiger partial charge is 0.119 e. The fourth-order valence-electron chi connectivity index (χ4n) is 2.42. The van der Waals surface area contributed by atoms with Crippen LogP contribution in [0.2, 0.25) is 0 Å².